The zero-order valence-corrected chi connectivity index (χ0v) is 13.7. The monoisotopic (exact) mass is 280 g/mol. The Morgan fingerprint density at radius 1 is 1.25 bits per heavy atom. The number of rotatable bonds is 5. The molecule has 0 aromatic carbocycles. The molecule has 0 bridgehead atoms. The molecule has 116 valence electrons. The third kappa shape index (κ3) is 2.22. The van der Waals surface area contributed by atoms with Gasteiger partial charge in [0, 0.05) is 42.6 Å². The molecule has 0 amide bonds. The van der Waals surface area contributed by atoms with Crippen LogP contribution in [-0.4, -0.2) is 42.3 Å². The van der Waals surface area contributed by atoms with Gasteiger partial charge in [0.1, 0.15) is 0 Å². The van der Waals surface area contributed by atoms with E-state index in [0.717, 1.165) is 19.1 Å². The highest BCUT2D eigenvalue weighted by Crippen LogP contribution is 2.57. The Kier molecular flexibility index (Phi) is 3.67. The lowest BCUT2D eigenvalue weighted by Crippen LogP contribution is -2.80. The Morgan fingerprint density at radius 2 is 1.95 bits per heavy atom. The maximum atomic E-state index is 6.95. The summed E-state index contributed by atoms with van der Waals surface area (Å²) >= 11 is 0. The first kappa shape index (κ1) is 14.8. The van der Waals surface area contributed by atoms with Gasteiger partial charge >= 0.3 is 0 Å². The normalized spacial score (nSPS) is 39.8. The first-order valence-electron chi connectivity index (χ1n) is 8.51. The smallest absolute Gasteiger partial charge is 0.0690 e. The minimum Gasteiger partial charge on any atom is -0.377 e. The Bertz CT molecular complexity index is 364. The van der Waals surface area contributed by atoms with Gasteiger partial charge < -0.3 is 10.5 Å². The molecule has 2 aliphatic carbocycles. The number of hydrogen-bond acceptors (Lipinski definition) is 3. The van der Waals surface area contributed by atoms with Crippen LogP contribution in [0, 0.1) is 17.3 Å². The van der Waals surface area contributed by atoms with Crippen molar-refractivity contribution in [2.24, 2.45) is 23.0 Å². The van der Waals surface area contributed by atoms with Gasteiger partial charge in [-0.05, 0) is 45.4 Å². The molecular formula is C17H32N2O. The first-order valence-corrected chi connectivity index (χ1v) is 8.51. The highest BCUT2D eigenvalue weighted by Gasteiger charge is 2.66. The van der Waals surface area contributed by atoms with Crippen LogP contribution in [0.3, 0.4) is 0 Å². The van der Waals surface area contributed by atoms with Crippen molar-refractivity contribution in [2.45, 2.75) is 71.1 Å². The summed E-state index contributed by atoms with van der Waals surface area (Å²) < 4.78 is 6.02. The molecule has 1 saturated heterocycles. The van der Waals surface area contributed by atoms with Gasteiger partial charge in [-0.2, -0.15) is 0 Å². The predicted octanol–water partition coefficient (Wildman–Crippen LogP) is 2.64. The molecule has 3 nitrogen and oxygen atoms in total. The molecule has 2 N–H and O–H groups in total. The first-order chi connectivity index (χ1) is 9.36. The Morgan fingerprint density at radius 3 is 2.55 bits per heavy atom. The lowest BCUT2D eigenvalue weighted by molar-refractivity contribution is -0.233. The number of fused-ring (bicyclic) bond motifs is 1. The second kappa shape index (κ2) is 4.96. The van der Waals surface area contributed by atoms with Crippen molar-refractivity contribution in [2.75, 3.05) is 19.7 Å². The van der Waals surface area contributed by atoms with Crippen LogP contribution in [0.15, 0.2) is 0 Å². The van der Waals surface area contributed by atoms with E-state index in [1.807, 2.05) is 0 Å². The molecular weight excluding hydrogens is 248 g/mol. The van der Waals surface area contributed by atoms with Gasteiger partial charge in [-0.25, -0.2) is 0 Å². The lowest BCUT2D eigenvalue weighted by atomic mass is 9.46. The molecule has 3 fully saturated rings. The van der Waals surface area contributed by atoms with Crippen molar-refractivity contribution >= 4 is 0 Å². The fraction of sp³-hybridized carbons (Fsp3) is 1.00. The number of ether oxygens (including phenoxy) is 1. The van der Waals surface area contributed by atoms with Gasteiger partial charge in [-0.1, -0.05) is 13.8 Å². The van der Waals surface area contributed by atoms with Crippen LogP contribution in [0.4, 0.5) is 0 Å². The topological polar surface area (TPSA) is 38.5 Å². The highest BCUT2D eigenvalue weighted by atomic mass is 16.5. The van der Waals surface area contributed by atoms with E-state index in [1.165, 1.54) is 32.2 Å². The van der Waals surface area contributed by atoms with Crippen LogP contribution in [0.25, 0.3) is 0 Å². The van der Waals surface area contributed by atoms with Crippen LogP contribution >= 0.6 is 0 Å². The molecule has 0 aromatic rings. The zero-order chi connectivity index (χ0) is 14.5. The summed E-state index contributed by atoms with van der Waals surface area (Å²) in [5.74, 6) is 1.49. The van der Waals surface area contributed by atoms with E-state index in [1.54, 1.807) is 0 Å². The second-order valence-electron chi connectivity index (χ2n) is 8.27. The third-order valence-corrected chi connectivity index (χ3v) is 6.28. The van der Waals surface area contributed by atoms with E-state index in [9.17, 15) is 0 Å². The van der Waals surface area contributed by atoms with Crippen molar-refractivity contribution in [3.8, 4) is 0 Å². The van der Waals surface area contributed by atoms with E-state index in [2.05, 4.69) is 32.6 Å². The number of hydrogen-bond donors (Lipinski definition) is 1. The average Bonchev–Trinajstić information content (AvgIpc) is 3.21. The maximum absolute atomic E-state index is 6.95. The Hall–Kier alpha value is -0.120. The molecule has 0 spiro atoms. The molecule has 1 aliphatic heterocycles. The van der Waals surface area contributed by atoms with E-state index in [0.29, 0.717) is 18.1 Å². The second-order valence-corrected chi connectivity index (χ2v) is 8.27. The van der Waals surface area contributed by atoms with Crippen LogP contribution in [0.5, 0.6) is 0 Å². The van der Waals surface area contributed by atoms with Gasteiger partial charge in [-0.3, -0.25) is 4.90 Å². The molecule has 0 aromatic heterocycles. The summed E-state index contributed by atoms with van der Waals surface area (Å²) in [7, 11) is 0. The zero-order valence-electron chi connectivity index (χ0n) is 13.7. The van der Waals surface area contributed by atoms with Gasteiger partial charge in [0.2, 0.25) is 0 Å². The van der Waals surface area contributed by atoms with E-state index >= 15 is 0 Å². The quantitative estimate of drug-likeness (QED) is 0.841. The molecule has 0 radical (unpaired) electrons. The Labute approximate surface area is 124 Å². The van der Waals surface area contributed by atoms with Gasteiger partial charge in [0.25, 0.3) is 0 Å². The molecule has 20 heavy (non-hydrogen) atoms. The predicted molar refractivity (Wildman–Crippen MR) is 82.6 cm³/mol. The van der Waals surface area contributed by atoms with Gasteiger partial charge in [-0.15, -0.1) is 0 Å². The van der Waals surface area contributed by atoms with Crippen molar-refractivity contribution in [1.29, 1.82) is 0 Å². The molecule has 3 aliphatic rings. The van der Waals surface area contributed by atoms with Crippen molar-refractivity contribution < 1.29 is 4.74 Å². The van der Waals surface area contributed by atoms with Crippen molar-refractivity contribution in [3.05, 3.63) is 0 Å². The minimum atomic E-state index is -0.0722. The number of nitrogens with zero attached hydrogens (tertiary/aromatic N) is 1. The summed E-state index contributed by atoms with van der Waals surface area (Å²) in [6, 6.07) is 0.593. The third-order valence-electron chi connectivity index (χ3n) is 6.28. The Balaban J connectivity index is 1.72. The summed E-state index contributed by atoms with van der Waals surface area (Å²) in [4.78, 5) is 2.63. The fourth-order valence-electron chi connectivity index (χ4n) is 4.41. The van der Waals surface area contributed by atoms with Crippen molar-refractivity contribution in [1.82, 2.24) is 4.90 Å². The fourth-order valence-corrected chi connectivity index (χ4v) is 4.41. The average molecular weight is 280 g/mol. The molecule has 3 heteroatoms. The highest BCUT2D eigenvalue weighted by molar-refractivity contribution is 5.21. The van der Waals surface area contributed by atoms with Crippen LogP contribution in [-0.2, 0) is 4.74 Å². The van der Waals surface area contributed by atoms with Crippen LogP contribution in [0.1, 0.15) is 53.4 Å². The maximum Gasteiger partial charge on any atom is 0.0690 e. The summed E-state index contributed by atoms with van der Waals surface area (Å²) in [5, 5.41) is 0. The van der Waals surface area contributed by atoms with Gasteiger partial charge in [0.15, 0.2) is 0 Å². The van der Waals surface area contributed by atoms with Crippen LogP contribution in [0.2, 0.25) is 0 Å². The molecule has 3 rings (SSSR count). The summed E-state index contributed by atoms with van der Waals surface area (Å²) in [6.45, 7) is 12.5. The van der Waals surface area contributed by atoms with Gasteiger partial charge in [0.05, 0.1) is 6.10 Å². The SMILES string of the molecule is CC(C)N(CC1CC1)CC1(N)C2CCCOC2C1(C)C. The standard InChI is InChI=1S/C17H32N2O/c1-12(2)19(10-13-7-8-13)11-17(18)14-6-5-9-20-15(14)16(17,3)4/h12-15H,5-11,18H2,1-4H3. The summed E-state index contributed by atoms with van der Waals surface area (Å²) in [6.07, 6.45) is 5.65. The minimum absolute atomic E-state index is 0.0722. The summed E-state index contributed by atoms with van der Waals surface area (Å²) in [5.41, 5.74) is 6.98. The molecule has 2 saturated carbocycles. The van der Waals surface area contributed by atoms with Crippen LogP contribution < -0.4 is 5.73 Å². The van der Waals surface area contributed by atoms with E-state index < -0.39 is 0 Å². The van der Waals surface area contributed by atoms with Crippen molar-refractivity contribution in [3.63, 3.8) is 0 Å². The van der Waals surface area contributed by atoms with E-state index in [4.69, 9.17) is 10.5 Å². The molecule has 3 atom stereocenters. The largest absolute Gasteiger partial charge is 0.377 e. The number of nitrogens with two attached hydrogens (primary N) is 1. The molecule has 3 unspecified atom stereocenters. The lowest BCUT2D eigenvalue weighted by Gasteiger charge is -2.67. The molecule has 1 heterocycles. The van der Waals surface area contributed by atoms with E-state index in [-0.39, 0.29) is 11.0 Å².